The molecule has 0 aliphatic carbocycles. The molecule has 18 heavy (non-hydrogen) atoms. The molecule has 3 heterocycles. The van der Waals surface area contributed by atoms with Crippen molar-refractivity contribution in [3.63, 3.8) is 0 Å². The van der Waals surface area contributed by atoms with Crippen LogP contribution in [0.1, 0.15) is 19.5 Å². The summed E-state index contributed by atoms with van der Waals surface area (Å²) in [5.74, 6) is 1.02. The van der Waals surface area contributed by atoms with Crippen LogP contribution in [0.3, 0.4) is 0 Å². The van der Waals surface area contributed by atoms with Crippen molar-refractivity contribution >= 4 is 22.1 Å². The van der Waals surface area contributed by atoms with Crippen LogP contribution in [0.2, 0.25) is 0 Å². The maximum Gasteiger partial charge on any atom is 0.195 e. The van der Waals surface area contributed by atoms with Gasteiger partial charge >= 0.3 is 0 Å². The lowest BCUT2D eigenvalue weighted by molar-refractivity contribution is -0.00547. The second-order valence-electron chi connectivity index (χ2n) is 4.80. The monoisotopic (exact) mass is 266 g/mol. The Kier molecular flexibility index (Phi) is 3.01. The second kappa shape index (κ2) is 4.53. The van der Waals surface area contributed by atoms with E-state index in [0.717, 1.165) is 29.6 Å². The van der Waals surface area contributed by atoms with Gasteiger partial charge in [-0.25, -0.2) is 4.98 Å². The van der Waals surface area contributed by atoms with Crippen LogP contribution in [-0.2, 0) is 11.3 Å². The van der Waals surface area contributed by atoms with Gasteiger partial charge in [0.1, 0.15) is 0 Å². The number of imidazole rings is 1. The summed E-state index contributed by atoms with van der Waals surface area (Å²) in [6, 6.07) is 0. The highest BCUT2D eigenvalue weighted by atomic mass is 32.1. The third kappa shape index (κ3) is 1.90. The molecular weight excluding hydrogens is 248 g/mol. The van der Waals surface area contributed by atoms with Gasteiger partial charge in [-0.05, 0) is 13.8 Å². The fourth-order valence-corrected chi connectivity index (χ4v) is 3.34. The minimum Gasteiger partial charge on any atom is -0.372 e. The molecule has 1 aliphatic rings. The number of nitrogens with two attached hydrogens (primary N) is 1. The summed E-state index contributed by atoms with van der Waals surface area (Å²) in [6.07, 6.45) is 2.50. The minimum absolute atomic E-state index is 0.235. The molecule has 0 radical (unpaired) electrons. The highest BCUT2D eigenvalue weighted by molar-refractivity contribution is 7.15. The molecule has 0 spiro atoms. The summed E-state index contributed by atoms with van der Waals surface area (Å²) in [4.78, 5) is 8.01. The van der Waals surface area contributed by atoms with Crippen molar-refractivity contribution in [1.82, 2.24) is 9.38 Å². The Hall–Kier alpha value is -1.11. The molecule has 0 bridgehead atoms. The number of thiazole rings is 1. The summed E-state index contributed by atoms with van der Waals surface area (Å²) in [6.45, 7) is 6.46. The smallest absolute Gasteiger partial charge is 0.195 e. The first kappa shape index (κ1) is 12.0. The summed E-state index contributed by atoms with van der Waals surface area (Å²) in [5.41, 5.74) is 6.97. The summed E-state index contributed by atoms with van der Waals surface area (Å²) in [5, 5.41) is 2.04. The SMILES string of the molecule is C[C@@H]1CN(c2nc3sccn3c2CN)C[C@H](C)O1. The van der Waals surface area contributed by atoms with Gasteiger partial charge in [0.05, 0.1) is 17.9 Å². The maximum atomic E-state index is 5.88. The quantitative estimate of drug-likeness (QED) is 0.894. The van der Waals surface area contributed by atoms with E-state index in [1.807, 2.05) is 11.6 Å². The predicted molar refractivity (Wildman–Crippen MR) is 73.2 cm³/mol. The van der Waals surface area contributed by atoms with Crippen molar-refractivity contribution in [2.75, 3.05) is 18.0 Å². The van der Waals surface area contributed by atoms with E-state index in [0.29, 0.717) is 6.54 Å². The van der Waals surface area contributed by atoms with Crippen LogP contribution in [0.4, 0.5) is 5.82 Å². The van der Waals surface area contributed by atoms with Crippen molar-refractivity contribution in [3.8, 4) is 0 Å². The zero-order chi connectivity index (χ0) is 12.7. The molecule has 3 rings (SSSR count). The van der Waals surface area contributed by atoms with Crippen molar-refractivity contribution in [1.29, 1.82) is 0 Å². The van der Waals surface area contributed by atoms with Gasteiger partial charge in [-0.2, -0.15) is 0 Å². The van der Waals surface area contributed by atoms with Crippen LogP contribution in [0.5, 0.6) is 0 Å². The van der Waals surface area contributed by atoms with Crippen molar-refractivity contribution < 1.29 is 4.74 Å². The van der Waals surface area contributed by atoms with Crippen LogP contribution in [0.25, 0.3) is 4.96 Å². The van der Waals surface area contributed by atoms with Crippen LogP contribution in [0.15, 0.2) is 11.6 Å². The van der Waals surface area contributed by atoms with Crippen LogP contribution >= 0.6 is 11.3 Å². The van der Waals surface area contributed by atoms with Crippen molar-refractivity contribution in [2.24, 2.45) is 5.73 Å². The molecular formula is C12H18N4OS. The second-order valence-corrected chi connectivity index (χ2v) is 5.68. The molecule has 1 aliphatic heterocycles. The fourth-order valence-electron chi connectivity index (χ4n) is 2.61. The van der Waals surface area contributed by atoms with Crippen molar-refractivity contribution in [2.45, 2.75) is 32.6 Å². The summed E-state index contributed by atoms with van der Waals surface area (Å²) >= 11 is 1.64. The van der Waals surface area contributed by atoms with Gasteiger partial charge in [0, 0.05) is 31.2 Å². The highest BCUT2D eigenvalue weighted by Gasteiger charge is 2.26. The third-order valence-electron chi connectivity index (χ3n) is 3.25. The molecule has 1 saturated heterocycles. The lowest BCUT2D eigenvalue weighted by Gasteiger charge is -2.36. The van der Waals surface area contributed by atoms with Gasteiger partial charge in [-0.1, -0.05) is 0 Å². The van der Waals surface area contributed by atoms with Crippen LogP contribution in [0, 0.1) is 0 Å². The van der Waals surface area contributed by atoms with Crippen LogP contribution < -0.4 is 10.6 Å². The van der Waals surface area contributed by atoms with E-state index in [2.05, 4.69) is 23.1 Å². The molecule has 2 aromatic heterocycles. The molecule has 2 N–H and O–H groups in total. The first-order chi connectivity index (χ1) is 8.69. The number of rotatable bonds is 2. The molecule has 6 heteroatoms. The van der Waals surface area contributed by atoms with Crippen molar-refractivity contribution in [3.05, 3.63) is 17.3 Å². The average molecular weight is 266 g/mol. The molecule has 98 valence electrons. The van der Waals surface area contributed by atoms with E-state index in [1.54, 1.807) is 11.3 Å². The van der Waals surface area contributed by atoms with Crippen LogP contribution in [-0.4, -0.2) is 34.7 Å². The Bertz CT molecular complexity index is 539. The molecule has 0 unspecified atom stereocenters. The number of fused-ring (bicyclic) bond motifs is 1. The predicted octanol–water partition coefficient (Wildman–Crippen LogP) is 1.47. The van der Waals surface area contributed by atoms with Gasteiger partial charge in [0.25, 0.3) is 0 Å². The lowest BCUT2D eigenvalue weighted by atomic mass is 10.2. The number of ether oxygens (including phenoxy) is 1. The average Bonchev–Trinajstić information content (AvgIpc) is 2.86. The Morgan fingerprint density at radius 1 is 1.44 bits per heavy atom. The van der Waals surface area contributed by atoms with E-state index < -0.39 is 0 Å². The molecule has 0 saturated carbocycles. The number of aromatic nitrogens is 2. The topological polar surface area (TPSA) is 55.8 Å². The standard InChI is InChI=1S/C12H18N4OS/c1-8-6-15(7-9(2)17-8)11-10(5-13)16-3-4-18-12(16)14-11/h3-4,8-9H,5-7,13H2,1-2H3/t8-,9+. The number of nitrogens with zero attached hydrogens (tertiary/aromatic N) is 3. The minimum atomic E-state index is 0.235. The fraction of sp³-hybridized carbons (Fsp3) is 0.583. The largest absolute Gasteiger partial charge is 0.372 e. The van der Waals surface area contributed by atoms with E-state index in [4.69, 9.17) is 15.5 Å². The maximum absolute atomic E-state index is 5.88. The summed E-state index contributed by atoms with van der Waals surface area (Å²) in [7, 11) is 0. The highest BCUT2D eigenvalue weighted by Crippen LogP contribution is 2.26. The Labute approximate surface area is 110 Å². The Morgan fingerprint density at radius 3 is 2.83 bits per heavy atom. The Morgan fingerprint density at radius 2 is 2.17 bits per heavy atom. The first-order valence-electron chi connectivity index (χ1n) is 6.24. The molecule has 5 nitrogen and oxygen atoms in total. The third-order valence-corrected chi connectivity index (χ3v) is 4.01. The first-order valence-corrected chi connectivity index (χ1v) is 7.12. The number of anilines is 1. The molecule has 0 aromatic carbocycles. The zero-order valence-corrected chi connectivity index (χ0v) is 11.5. The van der Waals surface area contributed by atoms with E-state index in [-0.39, 0.29) is 12.2 Å². The molecule has 1 fully saturated rings. The number of hydrogen-bond acceptors (Lipinski definition) is 5. The summed E-state index contributed by atoms with van der Waals surface area (Å²) < 4.78 is 7.85. The number of morpholine rings is 1. The normalized spacial score (nSPS) is 24.9. The molecule has 2 atom stereocenters. The zero-order valence-electron chi connectivity index (χ0n) is 10.7. The molecule has 2 aromatic rings. The van der Waals surface area contributed by atoms with E-state index in [1.165, 1.54) is 0 Å². The van der Waals surface area contributed by atoms with Gasteiger partial charge in [0.2, 0.25) is 0 Å². The van der Waals surface area contributed by atoms with Gasteiger partial charge < -0.3 is 15.4 Å². The van der Waals surface area contributed by atoms with Gasteiger partial charge in [-0.15, -0.1) is 11.3 Å². The number of hydrogen-bond donors (Lipinski definition) is 1. The molecule has 0 amide bonds. The van der Waals surface area contributed by atoms with E-state index >= 15 is 0 Å². The van der Waals surface area contributed by atoms with E-state index in [9.17, 15) is 0 Å². The van der Waals surface area contributed by atoms with Gasteiger partial charge in [-0.3, -0.25) is 4.40 Å². The Balaban J connectivity index is 1.99. The van der Waals surface area contributed by atoms with Gasteiger partial charge in [0.15, 0.2) is 10.8 Å². The lowest BCUT2D eigenvalue weighted by Crippen LogP contribution is -2.46.